The van der Waals surface area contributed by atoms with Crippen molar-refractivity contribution in [3.05, 3.63) is 57.1 Å². The summed E-state index contributed by atoms with van der Waals surface area (Å²) in [6, 6.07) is 6.06. The summed E-state index contributed by atoms with van der Waals surface area (Å²) >= 11 is 7.17. The lowest BCUT2D eigenvalue weighted by Crippen LogP contribution is -2.43. The number of thiophene rings is 1. The van der Waals surface area contributed by atoms with Gasteiger partial charge in [-0.3, -0.25) is 4.79 Å². The van der Waals surface area contributed by atoms with E-state index in [0.29, 0.717) is 22.2 Å². The number of nitriles is 1. The van der Waals surface area contributed by atoms with Gasteiger partial charge in [-0.05, 0) is 35.7 Å². The number of halogens is 7. The van der Waals surface area contributed by atoms with Crippen molar-refractivity contribution in [2.45, 2.75) is 25.3 Å². The van der Waals surface area contributed by atoms with E-state index >= 15 is 0 Å². The maximum atomic E-state index is 13.5. The molecule has 0 fully saturated rings. The molecular weight excluding hydrogens is 520 g/mol. The van der Waals surface area contributed by atoms with Crippen molar-refractivity contribution in [1.82, 2.24) is 14.9 Å². The van der Waals surface area contributed by atoms with Crippen LogP contribution in [0.25, 0.3) is 10.6 Å². The van der Waals surface area contributed by atoms with Crippen LogP contribution in [0.4, 0.5) is 38.0 Å². The van der Waals surface area contributed by atoms with Crippen molar-refractivity contribution in [2.75, 3.05) is 11.9 Å². The Labute approximate surface area is 202 Å². The molecule has 6 nitrogen and oxygen atoms in total. The van der Waals surface area contributed by atoms with E-state index in [0.717, 1.165) is 11.3 Å². The van der Waals surface area contributed by atoms with Crippen LogP contribution in [0.5, 0.6) is 0 Å². The lowest BCUT2D eigenvalue weighted by atomic mass is 9.99. The van der Waals surface area contributed by atoms with E-state index < -0.39 is 29.5 Å². The van der Waals surface area contributed by atoms with E-state index in [2.05, 4.69) is 15.3 Å². The molecule has 0 atom stereocenters. The first-order valence-electron chi connectivity index (χ1n) is 9.74. The number of nitrogens with zero attached hydrogens (tertiary/aromatic N) is 4. The zero-order valence-corrected chi connectivity index (χ0v) is 18.8. The van der Waals surface area contributed by atoms with E-state index in [-0.39, 0.29) is 46.6 Å². The SMILES string of the molecule is N#Cc1csc(-c2nc(Nc3cc4c(cc3Cl)CN(C(=O)C(F)(F)F)CC4)ncc2C(F)(F)F)c1. The molecule has 0 spiro atoms. The highest BCUT2D eigenvalue weighted by atomic mass is 35.5. The molecule has 1 amide bonds. The molecule has 3 aromatic rings. The van der Waals surface area contributed by atoms with Gasteiger partial charge in [-0.2, -0.15) is 31.6 Å². The minimum atomic E-state index is -4.99. The number of fused-ring (bicyclic) bond motifs is 1. The third kappa shape index (κ3) is 5.18. The Morgan fingerprint density at radius 1 is 1.17 bits per heavy atom. The van der Waals surface area contributed by atoms with Crippen molar-refractivity contribution >= 4 is 40.5 Å². The molecule has 2 aromatic heterocycles. The summed E-state index contributed by atoms with van der Waals surface area (Å²) in [4.78, 5) is 20.0. The van der Waals surface area contributed by atoms with E-state index in [1.807, 2.05) is 6.07 Å². The van der Waals surface area contributed by atoms with Crippen LogP contribution in [0.1, 0.15) is 22.3 Å². The van der Waals surface area contributed by atoms with Crippen LogP contribution in [0, 0.1) is 11.3 Å². The normalized spacial score (nSPS) is 13.8. The molecule has 1 aromatic carbocycles. The van der Waals surface area contributed by atoms with E-state index in [4.69, 9.17) is 16.9 Å². The van der Waals surface area contributed by atoms with Crippen LogP contribution >= 0.6 is 22.9 Å². The number of alkyl halides is 6. The predicted molar refractivity (Wildman–Crippen MR) is 115 cm³/mol. The number of hydrogen-bond acceptors (Lipinski definition) is 6. The standard InChI is InChI=1S/C21H12ClF6N5OS/c22-14-4-12-8-33(18(34)21(26,27)28)2-1-11(12)5-15(14)31-19-30-7-13(20(23,24)25)17(32-19)16-3-10(6-29)9-35-16/h3-5,7,9H,1-2,8H2,(H,30,31,32). The minimum Gasteiger partial charge on any atom is -0.330 e. The summed E-state index contributed by atoms with van der Waals surface area (Å²) in [5.74, 6) is -2.15. The number of anilines is 2. The molecule has 1 aliphatic rings. The number of hydrogen-bond donors (Lipinski definition) is 1. The van der Waals surface area contributed by atoms with Crippen LogP contribution in [0.15, 0.2) is 29.8 Å². The van der Waals surface area contributed by atoms with Crippen LogP contribution in [-0.2, 0) is 23.9 Å². The highest BCUT2D eigenvalue weighted by Crippen LogP contribution is 2.39. The molecular formula is C21H12ClF6N5OS. The molecule has 35 heavy (non-hydrogen) atoms. The molecule has 0 radical (unpaired) electrons. The summed E-state index contributed by atoms with van der Waals surface area (Å²) in [6.07, 6.45) is -9.00. The fourth-order valence-corrected chi connectivity index (χ4v) is 4.57. The first-order valence-corrected chi connectivity index (χ1v) is 11.0. The monoisotopic (exact) mass is 531 g/mol. The molecule has 182 valence electrons. The highest BCUT2D eigenvalue weighted by molar-refractivity contribution is 7.13. The third-order valence-electron chi connectivity index (χ3n) is 5.13. The van der Waals surface area contributed by atoms with Crippen molar-refractivity contribution in [1.29, 1.82) is 5.26 Å². The highest BCUT2D eigenvalue weighted by Gasteiger charge is 2.43. The molecule has 4 rings (SSSR count). The van der Waals surface area contributed by atoms with Gasteiger partial charge in [0.15, 0.2) is 0 Å². The summed E-state index contributed by atoms with van der Waals surface area (Å²) in [5, 5.41) is 13.2. The van der Waals surface area contributed by atoms with Crippen molar-refractivity contribution in [3.8, 4) is 16.6 Å². The topological polar surface area (TPSA) is 81.9 Å². The molecule has 3 heterocycles. The summed E-state index contributed by atoms with van der Waals surface area (Å²) in [7, 11) is 0. The van der Waals surface area contributed by atoms with Crippen molar-refractivity contribution in [2.24, 2.45) is 0 Å². The van der Waals surface area contributed by atoms with E-state index in [1.54, 1.807) is 0 Å². The molecule has 0 saturated heterocycles. The number of benzene rings is 1. The van der Waals surface area contributed by atoms with Gasteiger partial charge in [0.05, 0.1) is 26.8 Å². The number of rotatable bonds is 3. The summed E-state index contributed by atoms with van der Waals surface area (Å²) in [6.45, 7) is -0.443. The Bertz CT molecular complexity index is 1350. The maximum Gasteiger partial charge on any atom is 0.471 e. The quantitative estimate of drug-likeness (QED) is 0.423. The van der Waals surface area contributed by atoms with Gasteiger partial charge in [0, 0.05) is 24.7 Å². The number of carbonyl (C=O) groups excluding carboxylic acids is 1. The summed E-state index contributed by atoms with van der Waals surface area (Å²) in [5.41, 5.74) is -0.0527. The largest absolute Gasteiger partial charge is 0.471 e. The van der Waals surface area contributed by atoms with Crippen LogP contribution in [0.2, 0.25) is 5.02 Å². The Hall–Kier alpha value is -3.37. The van der Waals surface area contributed by atoms with Gasteiger partial charge in [0.1, 0.15) is 11.6 Å². The number of carbonyl (C=O) groups is 1. The molecule has 1 N–H and O–H groups in total. The van der Waals surface area contributed by atoms with Gasteiger partial charge in [-0.15, -0.1) is 11.3 Å². The zero-order chi connectivity index (χ0) is 25.5. The van der Waals surface area contributed by atoms with Gasteiger partial charge in [0.2, 0.25) is 5.95 Å². The Morgan fingerprint density at radius 3 is 2.54 bits per heavy atom. The second-order valence-electron chi connectivity index (χ2n) is 7.47. The van der Waals surface area contributed by atoms with E-state index in [1.165, 1.54) is 23.6 Å². The molecule has 0 unspecified atom stereocenters. The van der Waals surface area contributed by atoms with Crippen LogP contribution < -0.4 is 5.32 Å². The van der Waals surface area contributed by atoms with Gasteiger partial charge in [-0.1, -0.05) is 11.6 Å². The second-order valence-corrected chi connectivity index (χ2v) is 8.78. The zero-order valence-electron chi connectivity index (χ0n) is 17.3. The van der Waals surface area contributed by atoms with Crippen LogP contribution in [-0.4, -0.2) is 33.5 Å². The second kappa shape index (κ2) is 9.01. The Balaban J connectivity index is 1.64. The van der Waals surface area contributed by atoms with Gasteiger partial charge in [-0.25, -0.2) is 9.97 Å². The Kier molecular flexibility index (Phi) is 6.37. The number of aromatic nitrogens is 2. The van der Waals surface area contributed by atoms with Crippen molar-refractivity contribution < 1.29 is 31.1 Å². The fourth-order valence-electron chi connectivity index (χ4n) is 3.50. The average molecular weight is 532 g/mol. The first kappa shape index (κ1) is 24.7. The first-order chi connectivity index (χ1) is 16.4. The fraction of sp³-hybridized carbons (Fsp3) is 0.238. The number of nitrogens with one attached hydrogen (secondary N) is 1. The molecule has 0 bridgehead atoms. The molecule has 0 aliphatic carbocycles. The lowest BCUT2D eigenvalue weighted by Gasteiger charge is -2.30. The Morgan fingerprint density at radius 2 is 1.91 bits per heavy atom. The minimum absolute atomic E-state index is 0.0537. The number of amides is 1. The molecule has 1 aliphatic heterocycles. The molecule has 14 heteroatoms. The lowest BCUT2D eigenvalue weighted by molar-refractivity contribution is -0.186. The van der Waals surface area contributed by atoms with Gasteiger partial charge < -0.3 is 10.2 Å². The summed E-state index contributed by atoms with van der Waals surface area (Å²) < 4.78 is 78.8. The smallest absolute Gasteiger partial charge is 0.330 e. The maximum absolute atomic E-state index is 13.5. The van der Waals surface area contributed by atoms with E-state index in [9.17, 15) is 31.1 Å². The van der Waals surface area contributed by atoms with Crippen LogP contribution in [0.3, 0.4) is 0 Å². The van der Waals surface area contributed by atoms with Gasteiger partial charge >= 0.3 is 18.3 Å². The third-order valence-corrected chi connectivity index (χ3v) is 6.38. The predicted octanol–water partition coefficient (Wildman–Crippen LogP) is 5.94. The van der Waals surface area contributed by atoms with Gasteiger partial charge in [0.25, 0.3) is 0 Å². The van der Waals surface area contributed by atoms with Crippen molar-refractivity contribution in [3.63, 3.8) is 0 Å². The average Bonchev–Trinajstić information content (AvgIpc) is 3.27. The molecule has 0 saturated carbocycles.